The van der Waals surface area contributed by atoms with Crippen molar-refractivity contribution in [2.24, 2.45) is 0 Å². The van der Waals surface area contributed by atoms with Crippen LogP contribution in [0.5, 0.6) is 0 Å². The topological polar surface area (TPSA) is 35.6 Å². The number of hydrogen-bond acceptors (Lipinski definition) is 2. The van der Waals surface area contributed by atoms with Gasteiger partial charge >= 0.3 is 0 Å². The summed E-state index contributed by atoms with van der Waals surface area (Å²) in [5.41, 5.74) is 16.6. The Morgan fingerprint density at radius 2 is 0.645 bits per heavy atom. The first-order chi connectivity index (χ1) is 30.7. The number of para-hydroxylation sites is 3. The lowest BCUT2D eigenvalue weighted by atomic mass is 10.0. The molecule has 0 aliphatic heterocycles. The van der Waals surface area contributed by atoms with Crippen molar-refractivity contribution in [3.05, 3.63) is 231 Å². The number of aromatic nitrogens is 4. The molecule has 290 valence electrons. The summed E-state index contributed by atoms with van der Waals surface area (Å²) in [7, 11) is 0. The largest absolute Gasteiger partial charge is 0.309 e. The Morgan fingerprint density at radius 1 is 0.242 bits per heavy atom. The SMILES string of the molecule is c1ccc(-c2cc(-c3ccccc3)nc(-c3ccc(-c4ccc5c(c4)c4ccccc4n5-c4cccc(-c5ccc6c(c5)c5ccccc5n6-c5ccccc5)c4)cc3)n2)cc1. The summed E-state index contributed by atoms with van der Waals surface area (Å²) in [6.07, 6.45) is 0. The molecule has 0 spiro atoms. The van der Waals surface area contributed by atoms with E-state index >= 15 is 0 Å². The highest BCUT2D eigenvalue weighted by Gasteiger charge is 2.17. The van der Waals surface area contributed by atoms with Gasteiger partial charge in [0.2, 0.25) is 0 Å². The van der Waals surface area contributed by atoms with Crippen molar-refractivity contribution in [3.63, 3.8) is 0 Å². The van der Waals surface area contributed by atoms with Crippen molar-refractivity contribution in [1.29, 1.82) is 0 Å². The average molecular weight is 791 g/mol. The Kier molecular flexibility index (Phi) is 8.46. The zero-order chi connectivity index (χ0) is 41.0. The second-order valence-electron chi connectivity index (χ2n) is 15.8. The summed E-state index contributed by atoms with van der Waals surface area (Å²) in [6.45, 7) is 0. The summed E-state index contributed by atoms with van der Waals surface area (Å²) >= 11 is 0. The molecule has 0 N–H and O–H groups in total. The van der Waals surface area contributed by atoms with E-state index in [2.05, 4.69) is 203 Å². The van der Waals surface area contributed by atoms with Gasteiger partial charge in [0, 0.05) is 49.6 Å². The molecule has 0 aliphatic carbocycles. The highest BCUT2D eigenvalue weighted by Crippen LogP contribution is 2.39. The van der Waals surface area contributed by atoms with Crippen LogP contribution in [0, 0.1) is 0 Å². The molecule has 0 unspecified atom stereocenters. The van der Waals surface area contributed by atoms with Gasteiger partial charge in [0.15, 0.2) is 5.82 Å². The molecule has 3 heterocycles. The maximum Gasteiger partial charge on any atom is 0.160 e. The minimum Gasteiger partial charge on any atom is -0.309 e. The number of hydrogen-bond donors (Lipinski definition) is 0. The molecule has 0 saturated heterocycles. The standard InChI is InChI=1S/C58H38N4/c1-4-15-40(16-5-1)52-38-53(41-17-6-2-7-18-41)60-58(59-52)42-29-27-39(28-30-42)44-31-33-57-50(36-44)49-24-11-13-26-55(49)62(57)47-22-14-19-43(35-47)45-32-34-56-51(37-45)48-23-10-12-25-54(48)61(56)46-20-8-3-9-21-46/h1-38H. The molecule has 0 fully saturated rings. The van der Waals surface area contributed by atoms with Crippen molar-refractivity contribution < 1.29 is 0 Å². The number of benzene rings is 9. The molecule has 0 atom stereocenters. The van der Waals surface area contributed by atoms with Gasteiger partial charge < -0.3 is 9.13 Å². The maximum absolute atomic E-state index is 5.06. The number of fused-ring (bicyclic) bond motifs is 6. The van der Waals surface area contributed by atoms with E-state index in [1.165, 1.54) is 54.7 Å². The predicted octanol–water partition coefficient (Wildman–Crippen LogP) is 15.0. The lowest BCUT2D eigenvalue weighted by molar-refractivity contribution is 1.18. The molecule has 12 rings (SSSR count). The van der Waals surface area contributed by atoms with Crippen LogP contribution in [0.2, 0.25) is 0 Å². The van der Waals surface area contributed by atoms with E-state index in [0.29, 0.717) is 5.82 Å². The Labute approximate surface area is 359 Å². The lowest BCUT2D eigenvalue weighted by Crippen LogP contribution is -1.96. The summed E-state index contributed by atoms with van der Waals surface area (Å²) in [5.74, 6) is 0.705. The van der Waals surface area contributed by atoms with E-state index in [0.717, 1.165) is 50.6 Å². The molecule has 0 radical (unpaired) electrons. The second kappa shape index (κ2) is 14.7. The molecule has 4 heteroatoms. The Balaban J connectivity index is 0.916. The first-order valence-electron chi connectivity index (χ1n) is 21.1. The van der Waals surface area contributed by atoms with Gasteiger partial charge in [0.25, 0.3) is 0 Å². The van der Waals surface area contributed by atoms with Gasteiger partial charge in [-0.1, -0.05) is 164 Å². The van der Waals surface area contributed by atoms with E-state index in [9.17, 15) is 0 Å². The predicted molar refractivity (Wildman–Crippen MR) is 258 cm³/mol. The van der Waals surface area contributed by atoms with Crippen LogP contribution in [0.3, 0.4) is 0 Å². The highest BCUT2D eigenvalue weighted by atomic mass is 15.0. The molecule has 12 aromatic rings. The van der Waals surface area contributed by atoms with E-state index in [4.69, 9.17) is 9.97 Å². The minimum absolute atomic E-state index is 0.705. The Morgan fingerprint density at radius 3 is 1.23 bits per heavy atom. The van der Waals surface area contributed by atoms with Crippen LogP contribution in [0.25, 0.3) is 111 Å². The van der Waals surface area contributed by atoms with Crippen LogP contribution >= 0.6 is 0 Å². The molecule has 0 aliphatic rings. The Bertz CT molecular complexity index is 3550. The first-order valence-corrected chi connectivity index (χ1v) is 21.1. The molecular formula is C58H38N4. The third-order valence-corrected chi connectivity index (χ3v) is 12.1. The van der Waals surface area contributed by atoms with Crippen LogP contribution in [-0.2, 0) is 0 Å². The molecule has 9 aromatic carbocycles. The maximum atomic E-state index is 5.06. The number of rotatable bonds is 7. The fourth-order valence-corrected chi connectivity index (χ4v) is 9.16. The van der Waals surface area contributed by atoms with E-state index in [1.807, 2.05) is 36.4 Å². The highest BCUT2D eigenvalue weighted by molar-refractivity contribution is 6.12. The summed E-state index contributed by atoms with van der Waals surface area (Å²) in [4.78, 5) is 10.1. The lowest BCUT2D eigenvalue weighted by Gasteiger charge is -2.12. The van der Waals surface area contributed by atoms with Crippen LogP contribution in [0.1, 0.15) is 0 Å². The van der Waals surface area contributed by atoms with Crippen LogP contribution in [-0.4, -0.2) is 19.1 Å². The van der Waals surface area contributed by atoms with Crippen LogP contribution in [0.4, 0.5) is 0 Å². The van der Waals surface area contributed by atoms with Crippen LogP contribution < -0.4 is 0 Å². The summed E-state index contributed by atoms with van der Waals surface area (Å²) in [5, 5.41) is 4.94. The molecule has 0 amide bonds. The van der Waals surface area contributed by atoms with Gasteiger partial charge in [-0.05, 0) is 89.0 Å². The van der Waals surface area contributed by atoms with E-state index < -0.39 is 0 Å². The molecule has 0 bridgehead atoms. The monoisotopic (exact) mass is 790 g/mol. The fourth-order valence-electron chi connectivity index (χ4n) is 9.16. The third kappa shape index (κ3) is 6.08. The summed E-state index contributed by atoms with van der Waals surface area (Å²) in [6, 6.07) is 82.2. The van der Waals surface area contributed by atoms with Crippen molar-refractivity contribution in [3.8, 4) is 67.5 Å². The zero-order valence-electron chi connectivity index (χ0n) is 33.7. The van der Waals surface area contributed by atoms with Gasteiger partial charge in [0.05, 0.1) is 33.5 Å². The van der Waals surface area contributed by atoms with E-state index in [-0.39, 0.29) is 0 Å². The molecule has 0 saturated carbocycles. The van der Waals surface area contributed by atoms with Crippen molar-refractivity contribution >= 4 is 43.6 Å². The van der Waals surface area contributed by atoms with Crippen LogP contribution in [0.15, 0.2) is 231 Å². The van der Waals surface area contributed by atoms with Crippen molar-refractivity contribution in [2.45, 2.75) is 0 Å². The normalized spacial score (nSPS) is 11.5. The quantitative estimate of drug-likeness (QED) is 0.161. The van der Waals surface area contributed by atoms with E-state index in [1.54, 1.807) is 0 Å². The third-order valence-electron chi connectivity index (χ3n) is 12.1. The number of nitrogens with zero attached hydrogens (tertiary/aromatic N) is 4. The Hall–Kier alpha value is -8.34. The van der Waals surface area contributed by atoms with Gasteiger partial charge in [0.1, 0.15) is 0 Å². The van der Waals surface area contributed by atoms with Gasteiger partial charge in [-0.25, -0.2) is 9.97 Å². The molecule has 3 aromatic heterocycles. The molecule has 62 heavy (non-hydrogen) atoms. The van der Waals surface area contributed by atoms with Gasteiger partial charge in [-0.15, -0.1) is 0 Å². The minimum atomic E-state index is 0.705. The molecule has 4 nitrogen and oxygen atoms in total. The van der Waals surface area contributed by atoms with Gasteiger partial charge in [-0.2, -0.15) is 0 Å². The zero-order valence-corrected chi connectivity index (χ0v) is 33.7. The van der Waals surface area contributed by atoms with Crippen molar-refractivity contribution in [2.75, 3.05) is 0 Å². The van der Waals surface area contributed by atoms with Gasteiger partial charge in [-0.3, -0.25) is 0 Å². The fraction of sp³-hybridized carbons (Fsp3) is 0. The first kappa shape index (κ1) is 35.6. The average Bonchev–Trinajstić information content (AvgIpc) is 3.87. The molecular weight excluding hydrogens is 753 g/mol. The van der Waals surface area contributed by atoms with Crippen molar-refractivity contribution in [1.82, 2.24) is 19.1 Å². The summed E-state index contributed by atoms with van der Waals surface area (Å²) < 4.78 is 4.77. The smallest absolute Gasteiger partial charge is 0.160 e. The second-order valence-corrected chi connectivity index (χ2v) is 15.8.